The summed E-state index contributed by atoms with van der Waals surface area (Å²) in [6.45, 7) is 2.66. The summed E-state index contributed by atoms with van der Waals surface area (Å²) in [5, 5.41) is 3.35. The Balaban J connectivity index is 1.39. The second-order valence-corrected chi connectivity index (χ2v) is 6.91. The number of hydrogen-bond donors (Lipinski definition) is 1. The molecule has 1 aliphatic heterocycles. The average molecular weight is 386 g/mol. The smallest absolute Gasteiger partial charge is 0.223 e. The highest BCUT2D eigenvalue weighted by Crippen LogP contribution is 2.24. The monoisotopic (exact) mass is 386 g/mol. The summed E-state index contributed by atoms with van der Waals surface area (Å²) in [6.07, 6.45) is 2.42. The fourth-order valence-corrected chi connectivity index (χ4v) is 3.44. The largest absolute Gasteiger partial charge is 0.497 e. The van der Waals surface area contributed by atoms with Crippen LogP contribution in [0.2, 0.25) is 0 Å². The Kier molecular flexibility index (Phi) is 7.25. The van der Waals surface area contributed by atoms with Gasteiger partial charge in [0, 0.05) is 25.6 Å². The van der Waals surface area contributed by atoms with E-state index in [1.54, 1.807) is 19.2 Å². The number of rotatable bonds is 10. The van der Waals surface area contributed by atoms with E-state index >= 15 is 0 Å². The first-order valence-corrected chi connectivity index (χ1v) is 9.67. The summed E-state index contributed by atoms with van der Waals surface area (Å²) in [5.41, 5.74) is 1.08. The maximum Gasteiger partial charge on any atom is 0.223 e. The van der Waals surface area contributed by atoms with Crippen LogP contribution >= 0.6 is 0 Å². The van der Waals surface area contributed by atoms with Gasteiger partial charge < -0.3 is 19.7 Å². The van der Waals surface area contributed by atoms with Crippen LogP contribution in [-0.2, 0) is 11.3 Å². The molecule has 0 saturated carbocycles. The Morgan fingerprint density at radius 2 is 1.96 bits per heavy atom. The zero-order valence-electron chi connectivity index (χ0n) is 16.2. The molecule has 1 heterocycles. The second kappa shape index (κ2) is 10.1. The predicted molar refractivity (Wildman–Crippen MR) is 106 cm³/mol. The van der Waals surface area contributed by atoms with E-state index in [2.05, 4.69) is 5.32 Å². The molecule has 3 rings (SSSR count). The van der Waals surface area contributed by atoms with Crippen molar-refractivity contribution in [3.63, 3.8) is 0 Å². The Morgan fingerprint density at radius 1 is 1.14 bits per heavy atom. The molecule has 0 spiro atoms. The topological polar surface area (TPSA) is 50.8 Å². The number of hydrogen-bond acceptors (Lipinski definition) is 4. The van der Waals surface area contributed by atoms with Crippen LogP contribution in [0.5, 0.6) is 11.5 Å². The van der Waals surface area contributed by atoms with E-state index < -0.39 is 0 Å². The van der Waals surface area contributed by atoms with Gasteiger partial charge in [-0.3, -0.25) is 4.79 Å². The molecule has 1 aliphatic rings. The minimum absolute atomic E-state index is 0.215. The molecule has 5 nitrogen and oxygen atoms in total. The maximum atomic E-state index is 12.9. The highest BCUT2D eigenvalue weighted by Gasteiger charge is 2.30. The lowest BCUT2D eigenvalue weighted by molar-refractivity contribution is -0.129. The first-order valence-electron chi connectivity index (χ1n) is 9.67. The number of likely N-dealkylation sites (tertiary alicyclic amines) is 1. The lowest BCUT2D eigenvalue weighted by Crippen LogP contribution is -2.35. The summed E-state index contributed by atoms with van der Waals surface area (Å²) in [6, 6.07) is 14.1. The molecular weight excluding hydrogens is 359 g/mol. The molecule has 0 unspecified atom stereocenters. The number of carbonyl (C=O) groups is 1. The van der Waals surface area contributed by atoms with Crippen LogP contribution < -0.4 is 14.8 Å². The number of benzene rings is 2. The molecule has 1 atom stereocenters. The average Bonchev–Trinajstić information content (AvgIpc) is 3.05. The van der Waals surface area contributed by atoms with Gasteiger partial charge in [-0.1, -0.05) is 12.1 Å². The normalized spacial score (nSPS) is 16.4. The molecule has 150 valence electrons. The van der Waals surface area contributed by atoms with Crippen LogP contribution in [0.4, 0.5) is 4.39 Å². The standard InChI is InChI=1S/C22H27FN2O3/c1-27-21-4-2-3-17(15-21)16-25-19(7-10-22(25)26)11-12-24-13-14-28-20-8-5-18(23)6-9-20/h2-6,8-9,15,19,24H,7,10-14,16H2,1H3/t19-/m1/s1. The SMILES string of the molecule is COc1cccc(CN2C(=O)CC[C@@H]2CCNCCOc2ccc(F)cc2)c1. The van der Waals surface area contributed by atoms with E-state index in [0.29, 0.717) is 31.9 Å². The van der Waals surface area contributed by atoms with Gasteiger partial charge in [-0.2, -0.15) is 0 Å². The number of carbonyl (C=O) groups excluding carboxylic acids is 1. The Bertz CT molecular complexity index is 767. The quantitative estimate of drug-likeness (QED) is 0.636. The van der Waals surface area contributed by atoms with Crippen LogP contribution in [0.1, 0.15) is 24.8 Å². The highest BCUT2D eigenvalue weighted by atomic mass is 19.1. The van der Waals surface area contributed by atoms with E-state index in [4.69, 9.17) is 9.47 Å². The summed E-state index contributed by atoms with van der Waals surface area (Å²) in [5.74, 6) is 1.42. The van der Waals surface area contributed by atoms with E-state index in [0.717, 1.165) is 30.7 Å². The molecular formula is C22H27FN2O3. The van der Waals surface area contributed by atoms with Gasteiger partial charge in [0.1, 0.15) is 23.9 Å². The summed E-state index contributed by atoms with van der Waals surface area (Å²) < 4.78 is 23.7. The van der Waals surface area contributed by atoms with Crippen molar-refractivity contribution in [2.75, 3.05) is 26.8 Å². The number of halogens is 1. The van der Waals surface area contributed by atoms with E-state index in [1.807, 2.05) is 29.2 Å². The van der Waals surface area contributed by atoms with Gasteiger partial charge in [-0.05, 0) is 61.3 Å². The number of nitrogens with zero attached hydrogens (tertiary/aromatic N) is 1. The van der Waals surface area contributed by atoms with Crippen LogP contribution in [0.3, 0.4) is 0 Å². The van der Waals surface area contributed by atoms with Crippen molar-refractivity contribution in [3.8, 4) is 11.5 Å². The first-order chi connectivity index (χ1) is 13.7. The molecule has 1 saturated heterocycles. The van der Waals surface area contributed by atoms with Crippen molar-refractivity contribution in [3.05, 3.63) is 59.9 Å². The van der Waals surface area contributed by atoms with Crippen molar-refractivity contribution in [1.82, 2.24) is 10.2 Å². The van der Waals surface area contributed by atoms with Gasteiger partial charge in [0.2, 0.25) is 5.91 Å². The van der Waals surface area contributed by atoms with E-state index in [9.17, 15) is 9.18 Å². The molecule has 0 bridgehead atoms. The molecule has 2 aromatic carbocycles. The van der Waals surface area contributed by atoms with Crippen LogP contribution in [0.25, 0.3) is 0 Å². The van der Waals surface area contributed by atoms with Gasteiger partial charge in [-0.25, -0.2) is 4.39 Å². The molecule has 1 fully saturated rings. The van der Waals surface area contributed by atoms with Gasteiger partial charge in [-0.15, -0.1) is 0 Å². The zero-order chi connectivity index (χ0) is 19.8. The van der Waals surface area contributed by atoms with Crippen molar-refractivity contribution < 1.29 is 18.7 Å². The summed E-state index contributed by atoms with van der Waals surface area (Å²) >= 11 is 0. The third kappa shape index (κ3) is 5.70. The minimum Gasteiger partial charge on any atom is -0.497 e. The number of methoxy groups -OCH3 is 1. The molecule has 0 aromatic heterocycles. The molecule has 0 radical (unpaired) electrons. The Hall–Kier alpha value is -2.60. The van der Waals surface area contributed by atoms with Crippen LogP contribution in [0.15, 0.2) is 48.5 Å². The zero-order valence-corrected chi connectivity index (χ0v) is 16.2. The highest BCUT2D eigenvalue weighted by molar-refractivity contribution is 5.78. The predicted octanol–water partition coefficient (Wildman–Crippen LogP) is 3.38. The number of amides is 1. The van der Waals surface area contributed by atoms with Crippen molar-refractivity contribution in [1.29, 1.82) is 0 Å². The van der Waals surface area contributed by atoms with Gasteiger partial charge >= 0.3 is 0 Å². The summed E-state index contributed by atoms with van der Waals surface area (Å²) in [7, 11) is 1.65. The Morgan fingerprint density at radius 3 is 2.75 bits per heavy atom. The lowest BCUT2D eigenvalue weighted by atomic mass is 10.1. The molecule has 2 aromatic rings. The van der Waals surface area contributed by atoms with Crippen LogP contribution in [0, 0.1) is 5.82 Å². The third-order valence-electron chi connectivity index (χ3n) is 4.96. The minimum atomic E-state index is -0.268. The van der Waals surface area contributed by atoms with E-state index in [-0.39, 0.29) is 17.8 Å². The fourth-order valence-electron chi connectivity index (χ4n) is 3.44. The Labute approximate surface area is 165 Å². The van der Waals surface area contributed by atoms with Crippen molar-refractivity contribution in [2.45, 2.75) is 31.8 Å². The van der Waals surface area contributed by atoms with Gasteiger partial charge in [0.25, 0.3) is 0 Å². The van der Waals surface area contributed by atoms with Gasteiger partial charge in [0.15, 0.2) is 0 Å². The molecule has 0 aliphatic carbocycles. The summed E-state index contributed by atoms with van der Waals surface area (Å²) in [4.78, 5) is 14.3. The fraction of sp³-hybridized carbons (Fsp3) is 0.409. The van der Waals surface area contributed by atoms with Crippen molar-refractivity contribution >= 4 is 5.91 Å². The third-order valence-corrected chi connectivity index (χ3v) is 4.96. The second-order valence-electron chi connectivity index (χ2n) is 6.91. The van der Waals surface area contributed by atoms with Crippen molar-refractivity contribution in [2.24, 2.45) is 0 Å². The first kappa shape index (κ1) is 20.1. The number of nitrogens with one attached hydrogen (secondary N) is 1. The van der Waals surface area contributed by atoms with E-state index in [1.165, 1.54) is 12.1 Å². The molecule has 1 amide bonds. The number of ether oxygens (including phenoxy) is 2. The lowest BCUT2D eigenvalue weighted by Gasteiger charge is -2.25. The molecule has 6 heteroatoms. The molecule has 1 N–H and O–H groups in total. The molecule has 28 heavy (non-hydrogen) atoms. The van der Waals surface area contributed by atoms with Crippen LogP contribution in [-0.4, -0.2) is 43.7 Å². The van der Waals surface area contributed by atoms with Gasteiger partial charge in [0.05, 0.1) is 7.11 Å². The maximum absolute atomic E-state index is 12.9.